The summed E-state index contributed by atoms with van der Waals surface area (Å²) in [5, 5.41) is 4.36. The van der Waals surface area contributed by atoms with E-state index in [1.54, 1.807) is 6.33 Å². The first-order valence-electron chi connectivity index (χ1n) is 11.0. The molecule has 158 valence electrons. The summed E-state index contributed by atoms with van der Waals surface area (Å²) in [6.07, 6.45) is 9.46. The molecule has 2 aliphatic rings. The molecule has 1 fully saturated rings. The number of nitrogens with one attached hydrogen (secondary N) is 1. The van der Waals surface area contributed by atoms with Gasteiger partial charge in [0.2, 0.25) is 5.91 Å². The van der Waals surface area contributed by atoms with E-state index in [9.17, 15) is 4.79 Å². The van der Waals surface area contributed by atoms with Crippen LogP contribution in [-0.2, 0) is 22.4 Å². The van der Waals surface area contributed by atoms with Crippen molar-refractivity contribution in [3.63, 3.8) is 0 Å². The van der Waals surface area contributed by atoms with Crippen LogP contribution < -0.4 is 10.2 Å². The topological polar surface area (TPSA) is 67.3 Å². The number of rotatable bonds is 7. The van der Waals surface area contributed by atoms with Crippen LogP contribution in [0.1, 0.15) is 56.4 Å². The van der Waals surface area contributed by atoms with E-state index >= 15 is 0 Å². The van der Waals surface area contributed by atoms with E-state index in [4.69, 9.17) is 4.74 Å². The van der Waals surface area contributed by atoms with Gasteiger partial charge in [-0.1, -0.05) is 0 Å². The van der Waals surface area contributed by atoms with Crippen LogP contribution >= 0.6 is 11.3 Å². The third-order valence-electron chi connectivity index (χ3n) is 5.97. The minimum atomic E-state index is 0.103. The van der Waals surface area contributed by atoms with Gasteiger partial charge in [0.05, 0.1) is 11.5 Å². The van der Waals surface area contributed by atoms with Crippen LogP contribution in [0.5, 0.6) is 0 Å². The van der Waals surface area contributed by atoms with Gasteiger partial charge in [-0.3, -0.25) is 4.79 Å². The Morgan fingerprint density at radius 3 is 2.86 bits per heavy atom. The molecule has 2 aromatic rings. The lowest BCUT2D eigenvalue weighted by Gasteiger charge is -2.32. The highest BCUT2D eigenvalue weighted by Crippen LogP contribution is 2.40. The number of anilines is 1. The fourth-order valence-corrected chi connectivity index (χ4v) is 5.64. The van der Waals surface area contributed by atoms with Crippen LogP contribution in [0.3, 0.4) is 0 Å². The van der Waals surface area contributed by atoms with Crippen molar-refractivity contribution in [3.05, 3.63) is 16.8 Å². The fraction of sp³-hybridized carbons (Fsp3) is 0.682. The fourth-order valence-electron chi connectivity index (χ4n) is 4.41. The minimum Gasteiger partial charge on any atom is -0.379 e. The maximum atomic E-state index is 12.5. The van der Waals surface area contributed by atoms with Gasteiger partial charge in [0.25, 0.3) is 0 Å². The molecular weight excluding hydrogens is 384 g/mol. The monoisotopic (exact) mass is 416 g/mol. The SMILES string of the molecule is CC(C)OCCCNC(=O)C1CCN(c2ncnc3sc4c(c23)CCCC4)CC1. The number of hydrogen-bond acceptors (Lipinski definition) is 6. The van der Waals surface area contributed by atoms with Gasteiger partial charge in [0.1, 0.15) is 17.0 Å². The Morgan fingerprint density at radius 2 is 2.07 bits per heavy atom. The molecule has 0 atom stereocenters. The lowest BCUT2D eigenvalue weighted by atomic mass is 9.94. The van der Waals surface area contributed by atoms with E-state index in [0.717, 1.165) is 49.4 Å². The van der Waals surface area contributed by atoms with Crippen LogP contribution in [0.25, 0.3) is 10.2 Å². The number of amides is 1. The molecule has 1 amide bonds. The Balaban J connectivity index is 1.34. The number of piperidine rings is 1. The standard InChI is InChI=1S/C22H32N4O2S/c1-15(2)28-13-5-10-23-21(27)16-8-11-26(12-9-16)20-19-17-6-3-4-7-18(17)29-22(19)25-14-24-20/h14-16H,3-13H2,1-2H3,(H,23,27). The van der Waals surface area contributed by atoms with Crippen molar-refractivity contribution in [2.45, 2.75) is 64.9 Å². The van der Waals surface area contributed by atoms with Crippen LogP contribution in [0.2, 0.25) is 0 Å². The summed E-state index contributed by atoms with van der Waals surface area (Å²) in [7, 11) is 0. The van der Waals surface area contributed by atoms with Gasteiger partial charge in [-0.15, -0.1) is 11.3 Å². The predicted molar refractivity (Wildman–Crippen MR) is 118 cm³/mol. The number of carbonyl (C=O) groups excluding carboxylic acids is 1. The summed E-state index contributed by atoms with van der Waals surface area (Å²) in [5.74, 6) is 1.38. The second kappa shape index (κ2) is 9.39. The Morgan fingerprint density at radius 1 is 1.28 bits per heavy atom. The zero-order valence-electron chi connectivity index (χ0n) is 17.6. The molecule has 0 saturated carbocycles. The van der Waals surface area contributed by atoms with Gasteiger partial charge in [-0.25, -0.2) is 9.97 Å². The van der Waals surface area contributed by atoms with E-state index < -0.39 is 0 Å². The molecule has 4 rings (SSSR count). The van der Waals surface area contributed by atoms with Gasteiger partial charge in [0.15, 0.2) is 0 Å². The number of ether oxygens (including phenoxy) is 1. The van der Waals surface area contributed by atoms with Crippen molar-refractivity contribution in [2.75, 3.05) is 31.1 Å². The lowest BCUT2D eigenvalue weighted by molar-refractivity contribution is -0.125. The molecule has 29 heavy (non-hydrogen) atoms. The average molecular weight is 417 g/mol. The van der Waals surface area contributed by atoms with E-state index in [2.05, 4.69) is 20.2 Å². The summed E-state index contributed by atoms with van der Waals surface area (Å²) in [6.45, 7) is 7.22. The first kappa shape index (κ1) is 20.5. The van der Waals surface area contributed by atoms with E-state index in [1.807, 2.05) is 25.2 Å². The highest BCUT2D eigenvalue weighted by molar-refractivity contribution is 7.19. The van der Waals surface area contributed by atoms with E-state index in [0.29, 0.717) is 13.2 Å². The Bertz CT molecular complexity index is 843. The third kappa shape index (κ3) is 4.72. The number of hydrogen-bond donors (Lipinski definition) is 1. The second-order valence-corrected chi connectivity index (χ2v) is 9.50. The Labute approximate surface area is 177 Å². The van der Waals surface area contributed by atoms with Crippen molar-refractivity contribution in [2.24, 2.45) is 5.92 Å². The number of fused-ring (bicyclic) bond motifs is 3. The first-order valence-corrected chi connectivity index (χ1v) is 11.8. The Kier molecular flexibility index (Phi) is 6.65. The molecule has 7 heteroatoms. The van der Waals surface area contributed by atoms with Gasteiger partial charge < -0.3 is 15.0 Å². The van der Waals surface area contributed by atoms with E-state index in [1.165, 1.54) is 35.1 Å². The van der Waals surface area contributed by atoms with Gasteiger partial charge in [-0.05, 0) is 64.4 Å². The second-order valence-electron chi connectivity index (χ2n) is 8.41. The molecule has 0 spiro atoms. The zero-order chi connectivity index (χ0) is 20.2. The molecule has 0 radical (unpaired) electrons. The largest absolute Gasteiger partial charge is 0.379 e. The molecule has 1 saturated heterocycles. The summed E-state index contributed by atoms with van der Waals surface area (Å²) >= 11 is 1.85. The number of aromatic nitrogens is 2. The van der Waals surface area contributed by atoms with Crippen molar-refractivity contribution in [3.8, 4) is 0 Å². The molecule has 1 aliphatic carbocycles. The number of carbonyl (C=O) groups is 1. The maximum Gasteiger partial charge on any atom is 0.223 e. The first-order chi connectivity index (χ1) is 14.1. The molecule has 0 aromatic carbocycles. The molecule has 0 bridgehead atoms. The summed E-state index contributed by atoms with van der Waals surface area (Å²) in [5.41, 5.74) is 1.48. The summed E-state index contributed by atoms with van der Waals surface area (Å²) < 4.78 is 5.53. The summed E-state index contributed by atoms with van der Waals surface area (Å²) in [4.78, 5) is 26.7. The molecule has 1 aliphatic heterocycles. The molecule has 1 N–H and O–H groups in total. The van der Waals surface area contributed by atoms with Gasteiger partial charge in [0, 0.05) is 37.0 Å². The normalized spacial score (nSPS) is 17.7. The van der Waals surface area contributed by atoms with Crippen LogP contribution in [0.15, 0.2) is 6.33 Å². The van der Waals surface area contributed by atoms with Crippen LogP contribution in [0, 0.1) is 5.92 Å². The quantitative estimate of drug-likeness (QED) is 0.697. The van der Waals surface area contributed by atoms with Gasteiger partial charge >= 0.3 is 0 Å². The van der Waals surface area contributed by atoms with Crippen molar-refractivity contribution < 1.29 is 9.53 Å². The number of nitrogens with zero attached hydrogens (tertiary/aromatic N) is 3. The molecule has 6 nitrogen and oxygen atoms in total. The summed E-state index contributed by atoms with van der Waals surface area (Å²) in [6, 6.07) is 0. The lowest BCUT2D eigenvalue weighted by Crippen LogP contribution is -2.41. The highest BCUT2D eigenvalue weighted by Gasteiger charge is 2.28. The minimum absolute atomic E-state index is 0.103. The third-order valence-corrected chi connectivity index (χ3v) is 7.17. The average Bonchev–Trinajstić information content (AvgIpc) is 3.12. The van der Waals surface area contributed by atoms with Crippen molar-refractivity contribution in [1.82, 2.24) is 15.3 Å². The highest BCUT2D eigenvalue weighted by atomic mass is 32.1. The van der Waals surface area contributed by atoms with Crippen molar-refractivity contribution >= 4 is 33.3 Å². The Hall–Kier alpha value is -1.73. The molecular formula is C22H32N4O2S. The van der Waals surface area contributed by atoms with Crippen LogP contribution in [-0.4, -0.2) is 48.2 Å². The molecule has 2 aromatic heterocycles. The zero-order valence-corrected chi connectivity index (χ0v) is 18.4. The number of thiophene rings is 1. The maximum absolute atomic E-state index is 12.5. The number of aryl methyl sites for hydroxylation is 2. The smallest absolute Gasteiger partial charge is 0.223 e. The van der Waals surface area contributed by atoms with E-state index in [-0.39, 0.29) is 17.9 Å². The molecule has 3 heterocycles. The predicted octanol–water partition coefficient (Wildman–Crippen LogP) is 3.72. The molecule has 0 unspecified atom stereocenters. The van der Waals surface area contributed by atoms with Crippen molar-refractivity contribution in [1.29, 1.82) is 0 Å². The van der Waals surface area contributed by atoms with Gasteiger partial charge in [-0.2, -0.15) is 0 Å². The van der Waals surface area contributed by atoms with Crippen LogP contribution in [0.4, 0.5) is 5.82 Å².